The van der Waals surface area contributed by atoms with Gasteiger partial charge in [-0.2, -0.15) is 0 Å². The van der Waals surface area contributed by atoms with Crippen LogP contribution in [0.2, 0.25) is 0 Å². The Hall–Kier alpha value is -0.160. The molecule has 2 aliphatic heterocycles. The van der Waals surface area contributed by atoms with E-state index in [-0.39, 0.29) is 22.2 Å². The summed E-state index contributed by atoms with van der Waals surface area (Å²) < 4.78 is 12.5. The molecule has 4 heteroatoms. The molecule has 2 rings (SSSR count). The molecule has 178 valence electrons. The molecule has 0 spiro atoms. The third-order valence-corrected chi connectivity index (χ3v) is 6.55. The largest absolute Gasteiger partial charge is 0.378 e. The quantitative estimate of drug-likeness (QED) is 0.400. The fourth-order valence-electron chi connectivity index (χ4n) is 6.10. The molecular weight excluding hydrogens is 372 g/mol. The first-order chi connectivity index (χ1) is 13.8. The second kappa shape index (κ2) is 10.6. The molecule has 0 saturated carbocycles. The lowest BCUT2D eigenvalue weighted by Crippen LogP contribution is -2.59. The summed E-state index contributed by atoms with van der Waals surface area (Å²) in [6, 6.07) is 0. The van der Waals surface area contributed by atoms with Gasteiger partial charge in [-0.1, -0.05) is 25.7 Å². The summed E-state index contributed by atoms with van der Waals surface area (Å²) in [6.45, 7) is 20.2. The van der Waals surface area contributed by atoms with Gasteiger partial charge in [0.25, 0.3) is 0 Å². The summed E-state index contributed by atoms with van der Waals surface area (Å²) in [7, 11) is 0. The van der Waals surface area contributed by atoms with Crippen molar-refractivity contribution in [2.75, 3.05) is 13.2 Å². The molecule has 0 aromatic carbocycles. The maximum atomic E-state index is 6.23. The van der Waals surface area contributed by atoms with Gasteiger partial charge in [0.2, 0.25) is 0 Å². The Kier molecular flexibility index (Phi) is 9.25. The third-order valence-electron chi connectivity index (χ3n) is 6.55. The van der Waals surface area contributed by atoms with Crippen molar-refractivity contribution in [2.45, 2.75) is 154 Å². The summed E-state index contributed by atoms with van der Waals surface area (Å²) in [6.07, 6.45) is 12.9. The molecule has 2 aliphatic rings. The van der Waals surface area contributed by atoms with Gasteiger partial charge >= 0.3 is 0 Å². The fourth-order valence-corrected chi connectivity index (χ4v) is 6.10. The zero-order valence-corrected chi connectivity index (χ0v) is 21.5. The molecule has 0 radical (unpaired) electrons. The second-order valence-corrected chi connectivity index (χ2v) is 12.7. The van der Waals surface area contributed by atoms with Crippen LogP contribution in [0, 0.1) is 0 Å². The van der Waals surface area contributed by atoms with Gasteiger partial charge in [-0.05, 0) is 93.9 Å². The average molecular weight is 425 g/mol. The van der Waals surface area contributed by atoms with E-state index in [1.807, 2.05) is 0 Å². The molecule has 0 aromatic heterocycles. The first-order valence-electron chi connectivity index (χ1n) is 12.6. The lowest BCUT2D eigenvalue weighted by Gasteiger charge is -2.46. The van der Waals surface area contributed by atoms with Crippen LogP contribution < -0.4 is 10.6 Å². The highest BCUT2D eigenvalue weighted by Gasteiger charge is 2.38. The van der Waals surface area contributed by atoms with Gasteiger partial charge in [-0.25, -0.2) is 0 Å². The number of nitrogens with one attached hydrogen (secondary N) is 2. The zero-order valence-electron chi connectivity index (χ0n) is 21.5. The van der Waals surface area contributed by atoms with Crippen LogP contribution in [0.3, 0.4) is 0 Å². The Morgan fingerprint density at radius 3 is 1.07 bits per heavy atom. The van der Waals surface area contributed by atoms with Crippen molar-refractivity contribution < 1.29 is 9.47 Å². The summed E-state index contributed by atoms with van der Waals surface area (Å²) in [5.74, 6) is 0. The van der Waals surface area contributed by atoms with Crippen LogP contribution in [0.15, 0.2) is 0 Å². The smallest absolute Gasteiger partial charge is 0.0609 e. The van der Waals surface area contributed by atoms with E-state index in [4.69, 9.17) is 9.47 Å². The predicted octanol–water partition coefficient (Wildman–Crippen LogP) is 5.98. The molecule has 2 fully saturated rings. The average Bonchev–Trinajstić information content (AvgIpc) is 2.50. The third kappa shape index (κ3) is 9.97. The maximum Gasteiger partial charge on any atom is 0.0609 e. The van der Waals surface area contributed by atoms with Crippen LogP contribution in [-0.2, 0) is 9.47 Å². The first-order valence-corrected chi connectivity index (χ1v) is 12.6. The van der Waals surface area contributed by atoms with Crippen LogP contribution >= 0.6 is 0 Å². The van der Waals surface area contributed by atoms with Crippen LogP contribution in [-0.4, -0.2) is 47.6 Å². The van der Waals surface area contributed by atoms with Gasteiger partial charge in [0.1, 0.15) is 0 Å². The molecule has 4 nitrogen and oxygen atoms in total. The molecular formula is C26H52N2O2. The molecule has 2 N–H and O–H groups in total. The van der Waals surface area contributed by atoms with Gasteiger partial charge < -0.3 is 20.1 Å². The van der Waals surface area contributed by atoms with E-state index in [0.29, 0.717) is 12.2 Å². The van der Waals surface area contributed by atoms with Crippen molar-refractivity contribution in [1.82, 2.24) is 10.6 Å². The van der Waals surface area contributed by atoms with E-state index in [1.165, 1.54) is 38.5 Å². The molecule has 30 heavy (non-hydrogen) atoms. The fraction of sp³-hybridized carbons (Fsp3) is 1.00. The standard InChI is InChI=1S/C26H52N2O2/c1-23(2)17-21(18-24(3,4)27-23)29-15-13-11-9-10-12-14-16-30-22-19-25(5,6)28-26(7,8)20-22/h21-22,27-28H,9-20H2,1-8H3. The summed E-state index contributed by atoms with van der Waals surface area (Å²) >= 11 is 0. The summed E-state index contributed by atoms with van der Waals surface area (Å²) in [5, 5.41) is 7.46. The molecule has 0 unspecified atom stereocenters. The molecule has 0 bridgehead atoms. The van der Waals surface area contributed by atoms with E-state index < -0.39 is 0 Å². The van der Waals surface area contributed by atoms with Gasteiger partial charge in [0.15, 0.2) is 0 Å². The van der Waals surface area contributed by atoms with Crippen LogP contribution in [0.25, 0.3) is 0 Å². The van der Waals surface area contributed by atoms with Gasteiger partial charge in [-0.3, -0.25) is 0 Å². The lowest BCUT2D eigenvalue weighted by molar-refractivity contribution is -0.0241. The van der Waals surface area contributed by atoms with E-state index >= 15 is 0 Å². The number of hydrogen-bond donors (Lipinski definition) is 2. The number of piperidine rings is 2. The Labute approximate surface area is 187 Å². The minimum atomic E-state index is 0.175. The molecule has 2 saturated heterocycles. The topological polar surface area (TPSA) is 42.5 Å². The van der Waals surface area contributed by atoms with E-state index in [9.17, 15) is 0 Å². The minimum absolute atomic E-state index is 0.175. The Morgan fingerprint density at radius 2 is 0.767 bits per heavy atom. The predicted molar refractivity (Wildman–Crippen MR) is 128 cm³/mol. The summed E-state index contributed by atoms with van der Waals surface area (Å²) in [4.78, 5) is 0. The summed E-state index contributed by atoms with van der Waals surface area (Å²) in [5.41, 5.74) is 0.699. The number of hydrogen-bond acceptors (Lipinski definition) is 4. The van der Waals surface area contributed by atoms with E-state index in [2.05, 4.69) is 66.0 Å². The molecule has 0 amide bonds. The number of unbranched alkanes of at least 4 members (excludes halogenated alkanes) is 5. The van der Waals surface area contributed by atoms with Crippen molar-refractivity contribution in [3.8, 4) is 0 Å². The van der Waals surface area contributed by atoms with Crippen LogP contribution in [0.1, 0.15) is 120 Å². The molecule has 0 aromatic rings. The van der Waals surface area contributed by atoms with Crippen molar-refractivity contribution in [2.24, 2.45) is 0 Å². The number of ether oxygens (including phenoxy) is 2. The molecule has 2 heterocycles. The normalized spacial score (nSPS) is 26.0. The SMILES string of the molecule is CC1(C)CC(OCCCCCCCCOC2CC(C)(C)NC(C)(C)C2)CC(C)(C)N1. The Morgan fingerprint density at radius 1 is 0.500 bits per heavy atom. The second-order valence-electron chi connectivity index (χ2n) is 12.7. The van der Waals surface area contributed by atoms with Crippen molar-refractivity contribution in [1.29, 1.82) is 0 Å². The van der Waals surface area contributed by atoms with E-state index in [0.717, 1.165) is 38.9 Å². The Balaban J connectivity index is 1.46. The molecule has 0 aliphatic carbocycles. The maximum absolute atomic E-state index is 6.23. The van der Waals surface area contributed by atoms with Crippen molar-refractivity contribution in [3.05, 3.63) is 0 Å². The molecule has 0 atom stereocenters. The van der Waals surface area contributed by atoms with Gasteiger partial charge in [0, 0.05) is 35.4 Å². The van der Waals surface area contributed by atoms with Gasteiger partial charge in [-0.15, -0.1) is 0 Å². The van der Waals surface area contributed by atoms with Crippen molar-refractivity contribution in [3.63, 3.8) is 0 Å². The zero-order chi connectivity index (χ0) is 22.5. The Bertz CT molecular complexity index is 435. The van der Waals surface area contributed by atoms with Crippen LogP contribution in [0.5, 0.6) is 0 Å². The highest BCUT2D eigenvalue weighted by molar-refractivity contribution is 4.98. The van der Waals surface area contributed by atoms with Gasteiger partial charge in [0.05, 0.1) is 12.2 Å². The number of rotatable bonds is 11. The highest BCUT2D eigenvalue weighted by Crippen LogP contribution is 2.31. The minimum Gasteiger partial charge on any atom is -0.378 e. The van der Waals surface area contributed by atoms with Crippen LogP contribution in [0.4, 0.5) is 0 Å². The lowest BCUT2D eigenvalue weighted by atomic mass is 9.81. The first kappa shape index (κ1) is 26.1. The monoisotopic (exact) mass is 424 g/mol. The van der Waals surface area contributed by atoms with E-state index in [1.54, 1.807) is 0 Å². The highest BCUT2D eigenvalue weighted by atomic mass is 16.5. The van der Waals surface area contributed by atoms with Crippen molar-refractivity contribution >= 4 is 0 Å².